The molecule has 1 fully saturated rings. The molecule has 1 rings (SSSR count). The molecule has 0 aromatic carbocycles. The molecule has 108 valence electrons. The summed E-state index contributed by atoms with van der Waals surface area (Å²) >= 11 is 0. The molecule has 0 aromatic rings. The van der Waals surface area contributed by atoms with E-state index in [9.17, 15) is 0 Å². The van der Waals surface area contributed by atoms with E-state index in [0.717, 1.165) is 51.4 Å². The monoisotopic (exact) mass is 265 g/mol. The van der Waals surface area contributed by atoms with Gasteiger partial charge in [0, 0.05) is 51.2 Å². The molecule has 0 amide bonds. The van der Waals surface area contributed by atoms with E-state index >= 15 is 0 Å². The van der Waals surface area contributed by atoms with E-state index in [1.54, 1.807) is 0 Å². The summed E-state index contributed by atoms with van der Waals surface area (Å²) in [4.78, 5) is 9.15. The first-order valence-corrected chi connectivity index (χ1v) is 7.10. The minimum atomic E-state index is 0.253. The van der Waals surface area contributed by atoms with Crippen molar-refractivity contribution in [2.24, 2.45) is 4.99 Å². The van der Waals surface area contributed by atoms with E-state index in [1.165, 1.54) is 5.57 Å². The summed E-state index contributed by atoms with van der Waals surface area (Å²) in [7, 11) is 0. The van der Waals surface area contributed by atoms with Gasteiger partial charge in [-0.1, -0.05) is 19.6 Å². The largest absolute Gasteiger partial charge is 0.395 e. The Labute approximate surface area is 117 Å². The lowest BCUT2D eigenvalue weighted by Gasteiger charge is -2.34. The molecule has 0 saturated carbocycles. The summed E-state index contributed by atoms with van der Waals surface area (Å²) in [6, 6.07) is 0. The van der Waals surface area contributed by atoms with E-state index in [0.29, 0.717) is 0 Å². The van der Waals surface area contributed by atoms with Crippen molar-refractivity contribution in [2.45, 2.75) is 20.3 Å². The van der Waals surface area contributed by atoms with Crippen LogP contribution in [0.5, 0.6) is 0 Å². The van der Waals surface area contributed by atoms with Gasteiger partial charge in [0.25, 0.3) is 0 Å². The molecule has 0 atom stereocenters. The average Bonchev–Trinajstić information content (AvgIpc) is 2.45. The number of aliphatic hydroxyl groups excluding tert-OH is 1. The fourth-order valence-electron chi connectivity index (χ4n) is 2.01. The molecule has 0 radical (unpaired) electrons. The highest BCUT2D eigenvalue weighted by Gasteiger charge is 2.16. The third kappa shape index (κ3) is 6.14. The van der Waals surface area contributed by atoms with Crippen LogP contribution in [0, 0.1) is 0 Å². The zero-order valence-electron chi connectivity index (χ0n) is 12.3. The first kappa shape index (κ1) is 16.1. The molecule has 1 aliphatic heterocycles. The molecule has 19 heavy (non-hydrogen) atoms. The van der Waals surface area contributed by atoms with Crippen molar-refractivity contribution in [2.75, 3.05) is 45.9 Å². The second-order valence-electron chi connectivity index (χ2n) is 4.97. The molecule has 0 aliphatic carbocycles. The van der Waals surface area contributed by atoms with Crippen molar-refractivity contribution in [1.82, 2.24) is 9.80 Å². The van der Waals surface area contributed by atoms with Crippen LogP contribution in [0.4, 0.5) is 0 Å². The molecule has 1 aliphatic rings. The molecular weight excluding hydrogens is 238 g/mol. The maximum atomic E-state index is 8.92. The lowest BCUT2D eigenvalue weighted by Crippen LogP contribution is -2.47. The molecule has 1 heterocycles. The minimum absolute atomic E-state index is 0.253. The third-order valence-corrected chi connectivity index (χ3v) is 3.51. The van der Waals surface area contributed by atoms with Crippen molar-refractivity contribution in [3.63, 3.8) is 0 Å². The second-order valence-corrected chi connectivity index (χ2v) is 4.97. The van der Waals surface area contributed by atoms with Gasteiger partial charge in [0.2, 0.25) is 0 Å². The van der Waals surface area contributed by atoms with Gasteiger partial charge >= 0.3 is 0 Å². The number of piperazine rings is 1. The van der Waals surface area contributed by atoms with Crippen LogP contribution in [0.15, 0.2) is 29.4 Å². The van der Waals surface area contributed by atoms with Crippen LogP contribution in [-0.4, -0.2) is 66.5 Å². The molecule has 4 heteroatoms. The zero-order valence-corrected chi connectivity index (χ0v) is 12.3. The van der Waals surface area contributed by atoms with Crippen LogP contribution < -0.4 is 0 Å². The predicted octanol–water partition coefficient (Wildman–Crippen LogP) is 1.54. The Bertz CT molecular complexity index is 328. The van der Waals surface area contributed by atoms with Crippen LogP contribution in [0.3, 0.4) is 0 Å². The van der Waals surface area contributed by atoms with E-state index < -0.39 is 0 Å². The van der Waals surface area contributed by atoms with Crippen molar-refractivity contribution >= 4 is 5.71 Å². The number of hydrogen-bond acceptors (Lipinski definition) is 4. The van der Waals surface area contributed by atoms with Gasteiger partial charge in [0.1, 0.15) is 0 Å². The van der Waals surface area contributed by atoms with Gasteiger partial charge in [-0.25, -0.2) is 0 Å². The summed E-state index contributed by atoms with van der Waals surface area (Å²) in [5, 5.41) is 8.92. The van der Waals surface area contributed by atoms with Gasteiger partial charge in [-0.05, 0) is 18.9 Å². The van der Waals surface area contributed by atoms with Gasteiger partial charge in [-0.2, -0.15) is 0 Å². The molecule has 4 nitrogen and oxygen atoms in total. The Kier molecular flexibility index (Phi) is 7.63. The molecule has 1 saturated heterocycles. The summed E-state index contributed by atoms with van der Waals surface area (Å²) in [6.45, 7) is 14.1. The summed E-state index contributed by atoms with van der Waals surface area (Å²) < 4.78 is 0. The highest BCUT2D eigenvalue weighted by Crippen LogP contribution is 2.06. The summed E-state index contributed by atoms with van der Waals surface area (Å²) in [5.74, 6) is 0. The van der Waals surface area contributed by atoms with Crippen LogP contribution in [0.25, 0.3) is 0 Å². The average molecular weight is 265 g/mol. The van der Waals surface area contributed by atoms with E-state index in [2.05, 4.69) is 28.3 Å². The molecule has 0 aromatic heterocycles. The Morgan fingerprint density at radius 3 is 2.42 bits per heavy atom. The maximum Gasteiger partial charge on any atom is 0.0558 e. The Morgan fingerprint density at radius 1 is 1.26 bits per heavy atom. The standard InChI is InChI=1S/C15H27N3O/c1-4-14(3)16-12-15(5-2)13-18-8-6-17(7-9-18)10-11-19/h5,12,19H,2,4,6-11,13H2,1,3H3/b15-12+,16-14-. The fraction of sp³-hybridized carbons (Fsp3) is 0.667. The number of nitrogens with zero attached hydrogens (tertiary/aromatic N) is 3. The highest BCUT2D eigenvalue weighted by molar-refractivity contribution is 5.82. The number of aliphatic hydroxyl groups is 1. The molecule has 1 N–H and O–H groups in total. The predicted molar refractivity (Wildman–Crippen MR) is 81.6 cm³/mol. The first-order valence-electron chi connectivity index (χ1n) is 7.10. The molecule has 0 spiro atoms. The van der Waals surface area contributed by atoms with Crippen molar-refractivity contribution in [1.29, 1.82) is 0 Å². The van der Waals surface area contributed by atoms with Crippen LogP contribution >= 0.6 is 0 Å². The van der Waals surface area contributed by atoms with Crippen molar-refractivity contribution < 1.29 is 5.11 Å². The van der Waals surface area contributed by atoms with Crippen LogP contribution in [0.2, 0.25) is 0 Å². The highest BCUT2D eigenvalue weighted by atomic mass is 16.3. The van der Waals surface area contributed by atoms with E-state index in [4.69, 9.17) is 5.11 Å². The van der Waals surface area contributed by atoms with Crippen molar-refractivity contribution in [3.8, 4) is 0 Å². The topological polar surface area (TPSA) is 39.1 Å². The van der Waals surface area contributed by atoms with Crippen molar-refractivity contribution in [3.05, 3.63) is 24.4 Å². The van der Waals surface area contributed by atoms with E-state index in [-0.39, 0.29) is 6.61 Å². The van der Waals surface area contributed by atoms with Crippen LogP contribution in [0.1, 0.15) is 20.3 Å². The normalized spacial score (nSPS) is 19.7. The van der Waals surface area contributed by atoms with Gasteiger partial charge in [-0.15, -0.1) is 0 Å². The van der Waals surface area contributed by atoms with Gasteiger partial charge < -0.3 is 5.11 Å². The zero-order chi connectivity index (χ0) is 14.1. The third-order valence-electron chi connectivity index (χ3n) is 3.51. The Hall–Kier alpha value is -0.970. The number of hydrogen-bond donors (Lipinski definition) is 1. The SMILES string of the molecule is C=C/C(=C\N=C(\C)CC)CN1CCN(CCO)CC1. The second kappa shape index (κ2) is 9.02. The quantitative estimate of drug-likeness (QED) is 0.560. The van der Waals surface area contributed by atoms with Gasteiger partial charge in [-0.3, -0.25) is 14.8 Å². The smallest absolute Gasteiger partial charge is 0.0558 e. The van der Waals surface area contributed by atoms with Gasteiger partial charge in [0.15, 0.2) is 0 Å². The first-order chi connectivity index (χ1) is 9.19. The van der Waals surface area contributed by atoms with Crippen LogP contribution in [-0.2, 0) is 0 Å². The van der Waals surface area contributed by atoms with Gasteiger partial charge in [0.05, 0.1) is 6.61 Å². The summed E-state index contributed by atoms with van der Waals surface area (Å²) in [5.41, 5.74) is 2.32. The number of aliphatic imine (C=N–C) groups is 1. The van der Waals surface area contributed by atoms with E-state index in [1.807, 2.05) is 19.2 Å². The lowest BCUT2D eigenvalue weighted by molar-refractivity contribution is 0.119. The maximum absolute atomic E-state index is 8.92. The molecular formula is C15H27N3O. The Balaban J connectivity index is 2.43. The fourth-order valence-corrected chi connectivity index (χ4v) is 2.01. The summed E-state index contributed by atoms with van der Waals surface area (Å²) in [6.07, 6.45) is 4.82. The molecule has 0 bridgehead atoms. The minimum Gasteiger partial charge on any atom is -0.395 e. The number of β-amino-alcohol motifs (C(OH)–C–C–N with tert-alkyl or cyclic N) is 1. The number of rotatable bonds is 7. The Morgan fingerprint density at radius 2 is 1.89 bits per heavy atom. The molecule has 0 unspecified atom stereocenters. The lowest BCUT2D eigenvalue weighted by atomic mass is 10.2.